The van der Waals surface area contributed by atoms with Crippen LogP contribution in [-0.2, 0) is 19.6 Å². The topological polar surface area (TPSA) is 86.8 Å². The fourth-order valence-electron chi connectivity index (χ4n) is 3.85. The highest BCUT2D eigenvalue weighted by Gasteiger charge is 2.58. The van der Waals surface area contributed by atoms with Gasteiger partial charge in [0.15, 0.2) is 0 Å². The van der Waals surface area contributed by atoms with E-state index in [9.17, 15) is 18.0 Å². The van der Waals surface area contributed by atoms with E-state index in [1.807, 2.05) is 27.7 Å². The lowest BCUT2D eigenvalue weighted by Gasteiger charge is -2.28. The van der Waals surface area contributed by atoms with Crippen molar-refractivity contribution < 1.29 is 18.0 Å². The molecule has 150 valence electrons. The Morgan fingerprint density at radius 3 is 2.42 bits per heavy atom. The molecule has 26 heavy (non-hydrogen) atoms. The Kier molecular flexibility index (Phi) is 7.68. The van der Waals surface area contributed by atoms with Crippen LogP contribution in [0.1, 0.15) is 34.1 Å². The van der Waals surface area contributed by atoms with Crippen molar-refractivity contribution in [3.05, 3.63) is 12.2 Å². The number of likely N-dealkylation sites (tertiary alicyclic amines) is 1. The van der Waals surface area contributed by atoms with Crippen LogP contribution >= 0.6 is 12.4 Å². The molecule has 0 unspecified atom stereocenters. The first kappa shape index (κ1) is 22.9. The molecule has 0 aromatic rings. The average molecular weight is 408 g/mol. The zero-order valence-corrected chi connectivity index (χ0v) is 17.6. The highest BCUT2D eigenvalue weighted by molar-refractivity contribution is 7.88. The molecule has 0 bridgehead atoms. The van der Waals surface area contributed by atoms with E-state index in [1.54, 1.807) is 11.0 Å². The van der Waals surface area contributed by atoms with Crippen molar-refractivity contribution in [3.8, 4) is 0 Å². The van der Waals surface area contributed by atoms with E-state index in [4.69, 9.17) is 0 Å². The number of carbonyl (C=O) groups excluding carboxylic acids is 2. The molecular formula is C17H30ClN3O4S. The average Bonchev–Trinajstić information content (AvgIpc) is 2.97. The Hall–Kier alpha value is -1.12. The number of amides is 2. The Labute approximate surface area is 162 Å². The summed E-state index contributed by atoms with van der Waals surface area (Å²) in [6, 6.07) is -0.490. The van der Waals surface area contributed by atoms with Crippen LogP contribution < -0.4 is 5.32 Å². The van der Waals surface area contributed by atoms with Gasteiger partial charge in [0, 0.05) is 25.2 Å². The second-order valence-electron chi connectivity index (χ2n) is 7.51. The number of nitrogens with one attached hydrogen (secondary N) is 1. The predicted octanol–water partition coefficient (Wildman–Crippen LogP) is 1.01. The third-order valence-electron chi connectivity index (χ3n) is 4.85. The minimum absolute atomic E-state index is 0. The molecule has 3 atom stereocenters. The van der Waals surface area contributed by atoms with Crippen molar-refractivity contribution in [2.24, 2.45) is 11.8 Å². The molecule has 0 spiro atoms. The van der Waals surface area contributed by atoms with Gasteiger partial charge in [-0.05, 0) is 12.3 Å². The minimum atomic E-state index is -3.63. The largest absolute Gasteiger partial charge is 0.333 e. The quantitative estimate of drug-likeness (QED) is 0.664. The zero-order chi connectivity index (χ0) is 18.9. The predicted molar refractivity (Wildman–Crippen MR) is 103 cm³/mol. The molecule has 7 nitrogen and oxygen atoms in total. The molecule has 0 aliphatic carbocycles. The second-order valence-corrected chi connectivity index (χ2v) is 9.37. The first-order valence-electron chi connectivity index (χ1n) is 8.79. The number of sulfonamides is 1. The number of carbonyl (C=O) groups is 2. The first-order chi connectivity index (χ1) is 11.6. The lowest BCUT2D eigenvalue weighted by atomic mass is 9.88. The van der Waals surface area contributed by atoms with Gasteiger partial charge in [0.25, 0.3) is 0 Å². The summed E-state index contributed by atoms with van der Waals surface area (Å²) >= 11 is 0. The van der Waals surface area contributed by atoms with Gasteiger partial charge >= 0.3 is 0 Å². The van der Waals surface area contributed by atoms with E-state index in [0.717, 1.165) is 10.6 Å². The number of fused-ring (bicyclic) bond motifs is 1. The van der Waals surface area contributed by atoms with Gasteiger partial charge in [-0.3, -0.25) is 9.59 Å². The highest BCUT2D eigenvalue weighted by atomic mass is 35.5. The van der Waals surface area contributed by atoms with Gasteiger partial charge in [-0.2, -0.15) is 0 Å². The smallest absolute Gasteiger partial charge is 0.246 e. The summed E-state index contributed by atoms with van der Waals surface area (Å²) in [4.78, 5) is 27.0. The van der Waals surface area contributed by atoms with Crippen LogP contribution in [0.2, 0.25) is 0 Å². The van der Waals surface area contributed by atoms with Crippen molar-refractivity contribution in [1.29, 1.82) is 0 Å². The fraction of sp³-hybridized carbons (Fsp3) is 0.765. The molecule has 0 radical (unpaired) electrons. The summed E-state index contributed by atoms with van der Waals surface area (Å²) in [6.07, 6.45) is 4.84. The van der Waals surface area contributed by atoms with E-state index in [2.05, 4.69) is 5.32 Å². The van der Waals surface area contributed by atoms with Gasteiger partial charge in [-0.15, -0.1) is 12.4 Å². The van der Waals surface area contributed by atoms with E-state index < -0.39 is 22.0 Å². The van der Waals surface area contributed by atoms with Gasteiger partial charge in [0.05, 0.1) is 24.3 Å². The molecule has 0 saturated carbocycles. The summed E-state index contributed by atoms with van der Waals surface area (Å²) in [5.74, 6) is -1.05. The lowest BCUT2D eigenvalue weighted by molar-refractivity contribution is -0.131. The third kappa shape index (κ3) is 4.58. The van der Waals surface area contributed by atoms with Crippen LogP contribution in [0.25, 0.3) is 0 Å². The van der Waals surface area contributed by atoms with E-state index in [0.29, 0.717) is 25.6 Å². The molecule has 2 rings (SSSR count). The molecule has 2 saturated heterocycles. The van der Waals surface area contributed by atoms with Gasteiger partial charge in [-0.25, -0.2) is 12.7 Å². The SMILES string of the molecule is CC(C)NC/C=C/C(=O)N1CC[C@H]2[C@H]1[C@@H](C(C)C)C(=O)N2S(C)(=O)=O.Cl. The molecule has 2 fully saturated rings. The molecule has 2 aliphatic rings. The molecule has 2 aliphatic heterocycles. The van der Waals surface area contributed by atoms with Gasteiger partial charge in [-0.1, -0.05) is 33.8 Å². The Morgan fingerprint density at radius 2 is 1.92 bits per heavy atom. The third-order valence-corrected chi connectivity index (χ3v) is 6.02. The van der Waals surface area contributed by atoms with Gasteiger partial charge in [0.2, 0.25) is 21.8 Å². The Morgan fingerprint density at radius 1 is 1.31 bits per heavy atom. The maximum atomic E-state index is 12.7. The molecule has 0 aromatic carbocycles. The summed E-state index contributed by atoms with van der Waals surface area (Å²) in [7, 11) is -3.63. The summed E-state index contributed by atoms with van der Waals surface area (Å²) in [5, 5.41) is 3.20. The summed E-state index contributed by atoms with van der Waals surface area (Å²) in [5.41, 5.74) is 0. The Balaban J connectivity index is 0.00000338. The normalized spacial score (nSPS) is 26.1. The number of nitrogens with zero attached hydrogens (tertiary/aromatic N) is 2. The van der Waals surface area contributed by atoms with Crippen molar-refractivity contribution in [3.63, 3.8) is 0 Å². The van der Waals surface area contributed by atoms with Crippen molar-refractivity contribution in [2.75, 3.05) is 19.3 Å². The zero-order valence-electron chi connectivity index (χ0n) is 16.0. The molecule has 1 N–H and O–H groups in total. The maximum absolute atomic E-state index is 12.7. The molecule has 2 heterocycles. The highest BCUT2D eigenvalue weighted by Crippen LogP contribution is 2.41. The number of hydrogen-bond donors (Lipinski definition) is 1. The van der Waals surface area contributed by atoms with Crippen molar-refractivity contribution in [2.45, 2.75) is 52.2 Å². The molecule has 0 aromatic heterocycles. The van der Waals surface area contributed by atoms with Crippen LogP contribution in [0.15, 0.2) is 12.2 Å². The van der Waals surface area contributed by atoms with Crippen molar-refractivity contribution in [1.82, 2.24) is 14.5 Å². The summed E-state index contributed by atoms with van der Waals surface area (Å²) in [6.45, 7) is 8.91. The Bertz CT molecular complexity index is 663. The van der Waals surface area contributed by atoms with Crippen molar-refractivity contribution >= 4 is 34.2 Å². The monoisotopic (exact) mass is 407 g/mol. The standard InChI is InChI=1S/C17H29N3O4S.ClH/c1-11(2)15-16-13(20(17(15)22)25(5,23)24)8-10-19(16)14(21)7-6-9-18-12(3)4;/h6-7,11-13,15-16,18H,8-10H2,1-5H3;1H/b7-6+;/t13-,15+,16-;/m0./s1. The summed E-state index contributed by atoms with van der Waals surface area (Å²) < 4.78 is 25.2. The number of rotatable bonds is 6. The van der Waals surface area contributed by atoms with Crippen LogP contribution in [-0.4, -0.2) is 66.9 Å². The van der Waals surface area contributed by atoms with E-state index in [1.165, 1.54) is 6.08 Å². The van der Waals surface area contributed by atoms with E-state index in [-0.39, 0.29) is 36.2 Å². The van der Waals surface area contributed by atoms with Crippen LogP contribution in [0.5, 0.6) is 0 Å². The fourth-order valence-corrected chi connectivity index (χ4v) is 5.02. The molecule has 9 heteroatoms. The van der Waals surface area contributed by atoms with Crippen LogP contribution in [0, 0.1) is 11.8 Å². The lowest BCUT2D eigenvalue weighted by Crippen LogP contribution is -2.43. The maximum Gasteiger partial charge on any atom is 0.246 e. The minimum Gasteiger partial charge on any atom is -0.333 e. The van der Waals surface area contributed by atoms with E-state index >= 15 is 0 Å². The molecular weight excluding hydrogens is 378 g/mol. The van der Waals surface area contributed by atoms with Crippen LogP contribution in [0.3, 0.4) is 0 Å². The first-order valence-corrected chi connectivity index (χ1v) is 10.6. The number of hydrogen-bond acceptors (Lipinski definition) is 5. The van der Waals surface area contributed by atoms with Crippen LogP contribution in [0.4, 0.5) is 0 Å². The molecule has 2 amide bonds. The van der Waals surface area contributed by atoms with Gasteiger partial charge in [0.1, 0.15) is 0 Å². The second kappa shape index (κ2) is 8.71. The number of halogens is 1. The van der Waals surface area contributed by atoms with Gasteiger partial charge < -0.3 is 10.2 Å².